The SMILES string of the molecule is CC(C#N)S(=O)(=O)Nc1cc(Cl)ccn1. The van der Waals surface area contributed by atoms with E-state index in [1.165, 1.54) is 25.3 Å². The van der Waals surface area contributed by atoms with Crippen LogP contribution in [-0.4, -0.2) is 18.7 Å². The minimum atomic E-state index is -3.71. The molecule has 0 radical (unpaired) electrons. The molecule has 0 aliphatic rings. The van der Waals surface area contributed by atoms with Crippen LogP contribution in [0.15, 0.2) is 18.3 Å². The van der Waals surface area contributed by atoms with Gasteiger partial charge in [0, 0.05) is 17.3 Å². The first-order valence-electron chi connectivity index (χ1n) is 3.98. The van der Waals surface area contributed by atoms with Crippen LogP contribution in [0.4, 0.5) is 5.82 Å². The summed E-state index contributed by atoms with van der Waals surface area (Å²) in [6.07, 6.45) is 1.37. The standard InChI is InChI=1S/C8H8ClN3O2S/c1-6(5-10)15(13,14)12-8-4-7(9)2-3-11-8/h2-4,6H,1H3,(H,11,12). The monoisotopic (exact) mass is 245 g/mol. The van der Waals surface area contributed by atoms with E-state index in [0.29, 0.717) is 5.02 Å². The summed E-state index contributed by atoms with van der Waals surface area (Å²) < 4.78 is 25.0. The first kappa shape index (κ1) is 11.8. The number of anilines is 1. The van der Waals surface area contributed by atoms with Gasteiger partial charge in [0.25, 0.3) is 0 Å². The number of nitrogens with one attached hydrogen (secondary N) is 1. The fourth-order valence-corrected chi connectivity index (χ4v) is 1.64. The smallest absolute Gasteiger partial charge is 0.250 e. The molecule has 0 amide bonds. The number of nitrogens with zero attached hydrogens (tertiary/aromatic N) is 2. The van der Waals surface area contributed by atoms with Gasteiger partial charge < -0.3 is 0 Å². The zero-order valence-corrected chi connectivity index (χ0v) is 9.38. The second-order valence-corrected chi connectivity index (χ2v) is 5.22. The maximum Gasteiger partial charge on any atom is 0.250 e. The summed E-state index contributed by atoms with van der Waals surface area (Å²) in [5.41, 5.74) is 0. The van der Waals surface area contributed by atoms with Gasteiger partial charge in [0.2, 0.25) is 10.0 Å². The van der Waals surface area contributed by atoms with Crippen molar-refractivity contribution in [2.75, 3.05) is 4.72 Å². The van der Waals surface area contributed by atoms with Crippen molar-refractivity contribution in [2.45, 2.75) is 12.2 Å². The largest absolute Gasteiger partial charge is 0.266 e. The Labute approximate surface area is 92.8 Å². The number of pyridine rings is 1. The van der Waals surface area contributed by atoms with Crippen LogP contribution >= 0.6 is 11.6 Å². The maximum atomic E-state index is 11.4. The molecule has 80 valence electrons. The number of nitriles is 1. The number of hydrogen-bond donors (Lipinski definition) is 1. The second-order valence-electron chi connectivity index (χ2n) is 2.78. The van der Waals surface area contributed by atoms with Gasteiger partial charge in [-0.05, 0) is 13.0 Å². The average molecular weight is 246 g/mol. The summed E-state index contributed by atoms with van der Waals surface area (Å²) in [6.45, 7) is 1.28. The molecule has 15 heavy (non-hydrogen) atoms. The van der Waals surface area contributed by atoms with Gasteiger partial charge in [-0.3, -0.25) is 4.72 Å². The van der Waals surface area contributed by atoms with Gasteiger partial charge in [-0.2, -0.15) is 5.26 Å². The molecule has 1 aromatic rings. The highest BCUT2D eigenvalue weighted by molar-refractivity contribution is 7.93. The third-order valence-electron chi connectivity index (χ3n) is 1.62. The highest BCUT2D eigenvalue weighted by Gasteiger charge is 2.20. The molecule has 1 unspecified atom stereocenters. The molecular weight excluding hydrogens is 238 g/mol. The van der Waals surface area contributed by atoms with Crippen LogP contribution in [0.2, 0.25) is 5.02 Å². The highest BCUT2D eigenvalue weighted by Crippen LogP contribution is 2.14. The Morgan fingerprint density at radius 2 is 2.33 bits per heavy atom. The van der Waals surface area contributed by atoms with Crippen LogP contribution in [0.25, 0.3) is 0 Å². The summed E-state index contributed by atoms with van der Waals surface area (Å²) in [5.74, 6) is 0.101. The first-order valence-corrected chi connectivity index (χ1v) is 5.91. The van der Waals surface area contributed by atoms with E-state index in [4.69, 9.17) is 16.9 Å². The van der Waals surface area contributed by atoms with Crippen molar-refractivity contribution in [3.05, 3.63) is 23.4 Å². The topological polar surface area (TPSA) is 82.8 Å². The van der Waals surface area contributed by atoms with E-state index >= 15 is 0 Å². The zero-order chi connectivity index (χ0) is 11.5. The Bertz CT molecular complexity index is 495. The van der Waals surface area contributed by atoms with Gasteiger partial charge >= 0.3 is 0 Å². The molecule has 7 heteroatoms. The number of aromatic nitrogens is 1. The van der Waals surface area contributed by atoms with Crippen molar-refractivity contribution in [1.29, 1.82) is 5.26 Å². The van der Waals surface area contributed by atoms with Gasteiger partial charge in [0.1, 0.15) is 5.82 Å². The molecule has 0 aliphatic heterocycles. The summed E-state index contributed by atoms with van der Waals surface area (Å²) in [6, 6.07) is 4.51. The van der Waals surface area contributed by atoms with Crippen LogP contribution in [0.1, 0.15) is 6.92 Å². The maximum absolute atomic E-state index is 11.4. The van der Waals surface area contributed by atoms with Crippen LogP contribution in [0, 0.1) is 11.3 Å². The van der Waals surface area contributed by atoms with E-state index in [1.54, 1.807) is 6.07 Å². The molecule has 0 fully saturated rings. The van der Waals surface area contributed by atoms with Crippen LogP contribution in [0.5, 0.6) is 0 Å². The van der Waals surface area contributed by atoms with Gasteiger partial charge in [-0.25, -0.2) is 13.4 Å². The molecule has 1 rings (SSSR count). The molecule has 0 saturated carbocycles. The molecule has 1 atom stereocenters. The van der Waals surface area contributed by atoms with Crippen molar-refractivity contribution >= 4 is 27.4 Å². The Kier molecular flexibility index (Phi) is 3.50. The third kappa shape index (κ3) is 3.08. The van der Waals surface area contributed by atoms with Crippen molar-refractivity contribution in [3.63, 3.8) is 0 Å². The molecule has 1 heterocycles. The predicted octanol–water partition coefficient (Wildman–Crippen LogP) is 1.39. The summed E-state index contributed by atoms with van der Waals surface area (Å²) in [4.78, 5) is 3.76. The average Bonchev–Trinajstić information content (AvgIpc) is 2.15. The summed E-state index contributed by atoms with van der Waals surface area (Å²) in [7, 11) is -3.71. The van der Waals surface area contributed by atoms with Gasteiger partial charge in [-0.1, -0.05) is 11.6 Å². The number of halogens is 1. The number of hydrogen-bond acceptors (Lipinski definition) is 4. The Balaban J connectivity index is 2.93. The number of sulfonamides is 1. The van der Waals surface area contributed by atoms with Gasteiger partial charge in [0.05, 0.1) is 6.07 Å². The molecule has 0 aliphatic carbocycles. The molecule has 5 nitrogen and oxygen atoms in total. The van der Waals surface area contributed by atoms with Crippen molar-refractivity contribution < 1.29 is 8.42 Å². The first-order chi connectivity index (χ1) is 6.95. The predicted molar refractivity (Wildman–Crippen MR) is 56.9 cm³/mol. The quantitative estimate of drug-likeness (QED) is 0.872. The van der Waals surface area contributed by atoms with Gasteiger partial charge in [-0.15, -0.1) is 0 Å². The lowest BCUT2D eigenvalue weighted by atomic mass is 10.5. The van der Waals surface area contributed by atoms with Crippen LogP contribution in [-0.2, 0) is 10.0 Å². The molecular formula is C8H8ClN3O2S. The molecule has 0 spiro atoms. The number of rotatable bonds is 3. The zero-order valence-electron chi connectivity index (χ0n) is 7.81. The van der Waals surface area contributed by atoms with E-state index in [2.05, 4.69) is 9.71 Å². The lowest BCUT2D eigenvalue weighted by Crippen LogP contribution is -2.24. The van der Waals surface area contributed by atoms with Crippen LogP contribution in [0.3, 0.4) is 0 Å². The Hall–Kier alpha value is -1.32. The van der Waals surface area contributed by atoms with E-state index in [-0.39, 0.29) is 5.82 Å². The second kappa shape index (κ2) is 4.47. The highest BCUT2D eigenvalue weighted by atomic mass is 35.5. The Morgan fingerprint density at radius 1 is 1.67 bits per heavy atom. The van der Waals surface area contributed by atoms with Crippen molar-refractivity contribution in [2.24, 2.45) is 0 Å². The lowest BCUT2D eigenvalue weighted by molar-refractivity contribution is 0.597. The normalized spacial score (nSPS) is 12.9. The molecule has 0 aromatic carbocycles. The summed E-state index contributed by atoms with van der Waals surface area (Å²) >= 11 is 5.65. The Morgan fingerprint density at radius 3 is 2.87 bits per heavy atom. The van der Waals surface area contributed by atoms with Crippen molar-refractivity contribution in [3.8, 4) is 6.07 Å². The van der Waals surface area contributed by atoms with E-state index < -0.39 is 15.3 Å². The molecule has 0 bridgehead atoms. The lowest BCUT2D eigenvalue weighted by Gasteiger charge is -2.07. The van der Waals surface area contributed by atoms with Crippen molar-refractivity contribution in [1.82, 2.24) is 4.98 Å². The van der Waals surface area contributed by atoms with E-state index in [1.807, 2.05) is 0 Å². The van der Waals surface area contributed by atoms with E-state index in [9.17, 15) is 8.42 Å². The minimum Gasteiger partial charge on any atom is -0.266 e. The fourth-order valence-electron chi connectivity index (χ4n) is 0.764. The molecule has 0 saturated heterocycles. The third-order valence-corrected chi connectivity index (χ3v) is 3.38. The van der Waals surface area contributed by atoms with Crippen LogP contribution < -0.4 is 4.72 Å². The van der Waals surface area contributed by atoms with Gasteiger partial charge in [0.15, 0.2) is 5.25 Å². The molecule has 1 aromatic heterocycles. The van der Waals surface area contributed by atoms with E-state index in [0.717, 1.165) is 0 Å². The summed E-state index contributed by atoms with van der Waals surface area (Å²) in [5, 5.41) is 7.71. The minimum absolute atomic E-state index is 0.101. The molecule has 1 N–H and O–H groups in total. The fraction of sp³-hybridized carbons (Fsp3) is 0.250.